The summed E-state index contributed by atoms with van der Waals surface area (Å²) in [6.45, 7) is 0. The van der Waals surface area contributed by atoms with E-state index in [9.17, 15) is 0 Å². The molecule has 1 saturated carbocycles. The molecular formula is C7H11NS. The van der Waals surface area contributed by atoms with E-state index in [1.54, 1.807) is 11.8 Å². The zero-order valence-electron chi connectivity index (χ0n) is 5.68. The summed E-state index contributed by atoms with van der Waals surface area (Å²) in [6.07, 6.45) is 5.58. The van der Waals surface area contributed by atoms with Crippen LogP contribution in [0.25, 0.3) is 0 Å². The molecule has 0 radical (unpaired) electrons. The second-order valence-electron chi connectivity index (χ2n) is 2.68. The Labute approximate surface area is 60.4 Å². The van der Waals surface area contributed by atoms with Crippen LogP contribution in [0.2, 0.25) is 0 Å². The average molecular weight is 141 g/mol. The fraction of sp³-hybridized carbons (Fsp3) is 0.857. The van der Waals surface area contributed by atoms with Crippen molar-refractivity contribution in [3.8, 4) is 6.07 Å². The minimum absolute atomic E-state index is 0.0828. The fourth-order valence-corrected chi connectivity index (χ4v) is 2.07. The number of rotatable bonds is 2. The Bertz CT molecular complexity index is 132. The van der Waals surface area contributed by atoms with Crippen molar-refractivity contribution < 1.29 is 0 Å². The van der Waals surface area contributed by atoms with E-state index in [1.165, 1.54) is 6.42 Å². The molecule has 1 aliphatic carbocycles. The van der Waals surface area contributed by atoms with Gasteiger partial charge >= 0.3 is 0 Å². The largest absolute Gasteiger partial charge is 0.198 e. The number of hydrogen-bond acceptors (Lipinski definition) is 2. The van der Waals surface area contributed by atoms with Crippen molar-refractivity contribution in [3.05, 3.63) is 0 Å². The van der Waals surface area contributed by atoms with E-state index < -0.39 is 0 Å². The third kappa shape index (κ3) is 1.21. The lowest BCUT2D eigenvalue weighted by molar-refractivity contribution is 0.252. The Balaban J connectivity index is 2.40. The summed E-state index contributed by atoms with van der Waals surface area (Å²) in [5.74, 6) is 1.03. The van der Waals surface area contributed by atoms with Gasteiger partial charge < -0.3 is 0 Å². The highest BCUT2D eigenvalue weighted by Crippen LogP contribution is 2.42. The highest BCUT2D eigenvalue weighted by molar-refractivity contribution is 7.98. The molecule has 0 atom stereocenters. The van der Waals surface area contributed by atoms with Crippen LogP contribution in [0.15, 0.2) is 0 Å². The predicted molar refractivity (Wildman–Crippen MR) is 40.3 cm³/mol. The van der Waals surface area contributed by atoms with Gasteiger partial charge in [-0.05, 0) is 19.1 Å². The molecule has 0 amide bonds. The maximum atomic E-state index is 8.70. The molecule has 0 bridgehead atoms. The monoisotopic (exact) mass is 141 g/mol. The van der Waals surface area contributed by atoms with Gasteiger partial charge in [-0.1, -0.05) is 6.42 Å². The Morgan fingerprint density at radius 2 is 2.33 bits per heavy atom. The second kappa shape index (κ2) is 2.62. The van der Waals surface area contributed by atoms with Crippen molar-refractivity contribution in [2.75, 3.05) is 12.0 Å². The maximum Gasteiger partial charge on any atom is 0.0698 e. The zero-order chi connectivity index (χ0) is 6.74. The van der Waals surface area contributed by atoms with Crippen molar-refractivity contribution in [1.29, 1.82) is 5.26 Å². The predicted octanol–water partition coefficient (Wildman–Crippen LogP) is 2.04. The lowest BCUT2D eigenvalue weighted by Gasteiger charge is -2.34. The molecular weight excluding hydrogens is 130 g/mol. The average Bonchev–Trinajstić information content (AvgIpc) is 1.79. The van der Waals surface area contributed by atoms with Crippen molar-refractivity contribution in [2.24, 2.45) is 5.41 Å². The van der Waals surface area contributed by atoms with Gasteiger partial charge in [-0.2, -0.15) is 17.0 Å². The van der Waals surface area contributed by atoms with Gasteiger partial charge in [-0.3, -0.25) is 0 Å². The van der Waals surface area contributed by atoms with E-state index in [-0.39, 0.29) is 5.41 Å². The molecule has 50 valence electrons. The van der Waals surface area contributed by atoms with Crippen LogP contribution >= 0.6 is 11.8 Å². The molecule has 0 aromatic rings. The summed E-state index contributed by atoms with van der Waals surface area (Å²) >= 11 is 1.79. The molecule has 1 fully saturated rings. The van der Waals surface area contributed by atoms with E-state index in [1.807, 2.05) is 0 Å². The summed E-state index contributed by atoms with van der Waals surface area (Å²) in [4.78, 5) is 0. The Morgan fingerprint density at radius 1 is 1.67 bits per heavy atom. The van der Waals surface area contributed by atoms with Crippen LogP contribution in [0, 0.1) is 16.7 Å². The smallest absolute Gasteiger partial charge is 0.0698 e. The molecule has 1 nitrogen and oxygen atoms in total. The van der Waals surface area contributed by atoms with Gasteiger partial charge in [0.1, 0.15) is 0 Å². The SMILES string of the molecule is CSCC1(C#N)CCC1. The summed E-state index contributed by atoms with van der Waals surface area (Å²) in [5, 5.41) is 8.70. The number of nitrogens with zero attached hydrogens (tertiary/aromatic N) is 1. The maximum absolute atomic E-state index is 8.70. The molecule has 0 aliphatic heterocycles. The quantitative estimate of drug-likeness (QED) is 0.587. The van der Waals surface area contributed by atoms with Gasteiger partial charge in [0, 0.05) is 5.75 Å². The minimum atomic E-state index is 0.0828. The Morgan fingerprint density at radius 3 is 2.44 bits per heavy atom. The minimum Gasteiger partial charge on any atom is -0.198 e. The van der Waals surface area contributed by atoms with Crippen LogP contribution in [0.3, 0.4) is 0 Å². The molecule has 1 rings (SSSR count). The molecule has 0 N–H and O–H groups in total. The first-order valence-corrected chi connectivity index (χ1v) is 4.63. The summed E-state index contributed by atoms with van der Waals surface area (Å²) in [5.41, 5.74) is 0.0828. The topological polar surface area (TPSA) is 23.8 Å². The normalized spacial score (nSPS) is 22.2. The lowest BCUT2D eigenvalue weighted by Crippen LogP contribution is -2.29. The van der Waals surface area contributed by atoms with Crippen LogP contribution in [0.5, 0.6) is 0 Å². The highest BCUT2D eigenvalue weighted by Gasteiger charge is 2.36. The molecule has 9 heavy (non-hydrogen) atoms. The van der Waals surface area contributed by atoms with E-state index in [4.69, 9.17) is 5.26 Å². The molecule has 0 aromatic heterocycles. The second-order valence-corrected chi connectivity index (χ2v) is 3.54. The third-order valence-electron chi connectivity index (χ3n) is 1.97. The first-order chi connectivity index (χ1) is 4.33. The van der Waals surface area contributed by atoms with Crippen LogP contribution in [0.1, 0.15) is 19.3 Å². The summed E-state index contributed by atoms with van der Waals surface area (Å²) < 4.78 is 0. The third-order valence-corrected chi connectivity index (χ3v) is 2.81. The Hall–Kier alpha value is -0.160. The van der Waals surface area contributed by atoms with Crippen molar-refractivity contribution >= 4 is 11.8 Å². The van der Waals surface area contributed by atoms with Crippen LogP contribution < -0.4 is 0 Å². The lowest BCUT2D eigenvalue weighted by atomic mass is 9.72. The van der Waals surface area contributed by atoms with E-state index in [0.717, 1.165) is 18.6 Å². The van der Waals surface area contributed by atoms with Crippen molar-refractivity contribution in [3.63, 3.8) is 0 Å². The molecule has 0 spiro atoms. The van der Waals surface area contributed by atoms with Gasteiger partial charge in [0.15, 0.2) is 0 Å². The molecule has 0 saturated heterocycles. The van der Waals surface area contributed by atoms with Crippen molar-refractivity contribution in [2.45, 2.75) is 19.3 Å². The Kier molecular flexibility index (Phi) is 2.02. The van der Waals surface area contributed by atoms with E-state index in [2.05, 4.69) is 12.3 Å². The van der Waals surface area contributed by atoms with Crippen molar-refractivity contribution in [1.82, 2.24) is 0 Å². The number of nitriles is 1. The van der Waals surface area contributed by atoms with Gasteiger partial charge in [0.25, 0.3) is 0 Å². The number of thioether (sulfide) groups is 1. The van der Waals surface area contributed by atoms with Crippen LogP contribution in [0.4, 0.5) is 0 Å². The van der Waals surface area contributed by atoms with Crippen LogP contribution in [-0.4, -0.2) is 12.0 Å². The first-order valence-electron chi connectivity index (χ1n) is 3.23. The molecule has 2 heteroatoms. The van der Waals surface area contributed by atoms with Gasteiger partial charge in [-0.25, -0.2) is 0 Å². The van der Waals surface area contributed by atoms with Crippen LogP contribution in [-0.2, 0) is 0 Å². The van der Waals surface area contributed by atoms with Gasteiger partial charge in [0.05, 0.1) is 11.5 Å². The first kappa shape index (κ1) is 6.95. The fourth-order valence-electron chi connectivity index (χ4n) is 1.17. The van der Waals surface area contributed by atoms with E-state index in [0.29, 0.717) is 0 Å². The summed E-state index contributed by atoms with van der Waals surface area (Å²) in [7, 11) is 0. The van der Waals surface area contributed by atoms with Gasteiger partial charge in [0.2, 0.25) is 0 Å². The highest BCUT2D eigenvalue weighted by atomic mass is 32.2. The van der Waals surface area contributed by atoms with Gasteiger partial charge in [-0.15, -0.1) is 0 Å². The molecule has 0 heterocycles. The summed E-state index contributed by atoms with van der Waals surface area (Å²) in [6, 6.07) is 2.40. The van der Waals surface area contributed by atoms with E-state index >= 15 is 0 Å². The zero-order valence-corrected chi connectivity index (χ0v) is 6.50. The molecule has 1 aliphatic rings. The standard InChI is InChI=1S/C7H11NS/c1-9-6-7(5-8)3-2-4-7/h2-4,6H2,1H3. The molecule has 0 unspecified atom stereocenters. The number of hydrogen-bond donors (Lipinski definition) is 0. The molecule has 0 aromatic carbocycles.